The molecule has 2 N–H and O–H groups in total. The molecule has 10 heteroatoms. The Morgan fingerprint density at radius 3 is 2.38 bits per heavy atom. The van der Waals surface area contributed by atoms with Crippen LogP contribution in [0.1, 0.15) is 30.9 Å². The van der Waals surface area contributed by atoms with Crippen LogP contribution in [0.4, 0.5) is 11.4 Å². The predicted octanol–water partition coefficient (Wildman–Crippen LogP) is 3.34. The zero-order valence-electron chi connectivity index (χ0n) is 18.7. The first kappa shape index (κ1) is 24.5. The molecule has 0 unspecified atom stereocenters. The molecule has 32 heavy (non-hydrogen) atoms. The molecule has 0 bridgehead atoms. The third-order valence-corrected chi connectivity index (χ3v) is 8.72. The van der Waals surface area contributed by atoms with Crippen molar-refractivity contribution in [3.8, 4) is 0 Å². The van der Waals surface area contributed by atoms with Gasteiger partial charge in [0.15, 0.2) is 0 Å². The molecule has 3 rings (SSSR count). The Morgan fingerprint density at radius 1 is 0.969 bits per heavy atom. The van der Waals surface area contributed by atoms with Gasteiger partial charge in [0.25, 0.3) is 10.0 Å². The quantitative estimate of drug-likeness (QED) is 0.532. The minimum Gasteiger partial charge on any atom is -0.383 e. The second-order valence-corrected chi connectivity index (χ2v) is 11.5. The third-order valence-electron chi connectivity index (χ3n) is 5.32. The maximum atomic E-state index is 13.2. The van der Waals surface area contributed by atoms with E-state index in [1.165, 1.54) is 16.4 Å². The number of hydrogen-bond donors (Lipinski definition) is 2. The fourth-order valence-electron chi connectivity index (χ4n) is 3.45. The van der Waals surface area contributed by atoms with Gasteiger partial charge in [0.05, 0.1) is 34.4 Å². The number of morpholine rings is 1. The lowest BCUT2D eigenvalue weighted by atomic mass is 10.2. The molecule has 176 valence electrons. The summed E-state index contributed by atoms with van der Waals surface area (Å²) in [6.45, 7) is 7.46. The molecule has 0 radical (unpaired) electrons. The number of sulfonamides is 2. The zero-order chi connectivity index (χ0) is 23.4. The van der Waals surface area contributed by atoms with E-state index in [1.807, 2.05) is 13.0 Å². The Bertz CT molecular complexity index is 1160. The van der Waals surface area contributed by atoms with Crippen LogP contribution in [0.15, 0.2) is 46.2 Å². The maximum Gasteiger partial charge on any atom is 0.262 e. The van der Waals surface area contributed by atoms with Crippen LogP contribution in [0, 0.1) is 13.8 Å². The average Bonchev–Trinajstić information content (AvgIpc) is 2.76. The summed E-state index contributed by atoms with van der Waals surface area (Å²) in [5.41, 5.74) is 2.17. The van der Waals surface area contributed by atoms with Gasteiger partial charge in [0, 0.05) is 19.6 Å². The van der Waals surface area contributed by atoms with E-state index in [9.17, 15) is 16.8 Å². The van der Waals surface area contributed by atoms with Crippen molar-refractivity contribution in [1.29, 1.82) is 0 Å². The van der Waals surface area contributed by atoms with Gasteiger partial charge >= 0.3 is 0 Å². The van der Waals surface area contributed by atoms with Crippen LogP contribution < -0.4 is 10.0 Å². The molecule has 0 spiro atoms. The highest BCUT2D eigenvalue weighted by Gasteiger charge is 2.28. The van der Waals surface area contributed by atoms with Crippen molar-refractivity contribution < 1.29 is 21.6 Å². The van der Waals surface area contributed by atoms with Crippen molar-refractivity contribution >= 4 is 31.4 Å². The monoisotopic (exact) mass is 481 g/mol. The number of unbranched alkanes of at least 4 members (excludes halogenated alkanes) is 1. The minimum absolute atomic E-state index is 0.0408. The number of nitrogens with zero attached hydrogens (tertiary/aromatic N) is 1. The van der Waals surface area contributed by atoms with Gasteiger partial charge < -0.3 is 10.1 Å². The Labute approximate surface area is 191 Å². The molecule has 1 aliphatic heterocycles. The van der Waals surface area contributed by atoms with Gasteiger partial charge in [-0.3, -0.25) is 4.72 Å². The van der Waals surface area contributed by atoms with Crippen molar-refractivity contribution in [2.75, 3.05) is 42.9 Å². The van der Waals surface area contributed by atoms with Crippen molar-refractivity contribution in [2.45, 2.75) is 43.4 Å². The maximum absolute atomic E-state index is 13.2. The molecule has 2 aromatic rings. The number of aryl methyl sites for hydroxylation is 2. The second-order valence-electron chi connectivity index (χ2n) is 7.88. The summed E-state index contributed by atoms with van der Waals surface area (Å²) in [6, 6.07) is 9.72. The zero-order valence-corrected chi connectivity index (χ0v) is 20.4. The van der Waals surface area contributed by atoms with Crippen LogP contribution in [0.2, 0.25) is 0 Å². The van der Waals surface area contributed by atoms with Crippen LogP contribution >= 0.6 is 0 Å². The van der Waals surface area contributed by atoms with Gasteiger partial charge in [0.1, 0.15) is 0 Å². The lowest BCUT2D eigenvalue weighted by Gasteiger charge is -2.26. The van der Waals surface area contributed by atoms with Gasteiger partial charge in [0.2, 0.25) is 10.0 Å². The summed E-state index contributed by atoms with van der Waals surface area (Å²) in [5.74, 6) is 0. The van der Waals surface area contributed by atoms with Gasteiger partial charge in [-0.15, -0.1) is 0 Å². The van der Waals surface area contributed by atoms with E-state index in [4.69, 9.17) is 4.74 Å². The van der Waals surface area contributed by atoms with E-state index >= 15 is 0 Å². The number of ether oxygens (including phenoxy) is 1. The topological polar surface area (TPSA) is 105 Å². The molecular weight excluding hydrogens is 450 g/mol. The van der Waals surface area contributed by atoms with Crippen molar-refractivity contribution in [1.82, 2.24) is 4.31 Å². The highest BCUT2D eigenvalue weighted by Crippen LogP contribution is 2.30. The number of nitrogens with one attached hydrogen (secondary N) is 2. The molecule has 1 saturated heterocycles. The fraction of sp³-hybridized carbons (Fsp3) is 0.455. The summed E-state index contributed by atoms with van der Waals surface area (Å²) < 4.78 is 61.9. The van der Waals surface area contributed by atoms with Gasteiger partial charge in [-0.2, -0.15) is 4.31 Å². The largest absolute Gasteiger partial charge is 0.383 e. The first-order chi connectivity index (χ1) is 15.1. The van der Waals surface area contributed by atoms with Gasteiger partial charge in [-0.05, 0) is 55.7 Å². The smallest absolute Gasteiger partial charge is 0.262 e. The van der Waals surface area contributed by atoms with E-state index in [1.54, 1.807) is 25.1 Å². The molecule has 8 nitrogen and oxygen atoms in total. The molecule has 1 fully saturated rings. The summed E-state index contributed by atoms with van der Waals surface area (Å²) in [5, 5.41) is 3.22. The van der Waals surface area contributed by atoms with E-state index < -0.39 is 20.0 Å². The van der Waals surface area contributed by atoms with Crippen molar-refractivity contribution in [3.05, 3.63) is 47.5 Å². The van der Waals surface area contributed by atoms with Crippen molar-refractivity contribution in [2.24, 2.45) is 0 Å². The molecule has 1 heterocycles. The van der Waals surface area contributed by atoms with Crippen LogP contribution in [-0.4, -0.2) is 54.0 Å². The molecular formula is C22H31N3O5S2. The lowest BCUT2D eigenvalue weighted by Crippen LogP contribution is -2.40. The van der Waals surface area contributed by atoms with Crippen LogP contribution in [0.3, 0.4) is 0 Å². The third kappa shape index (κ3) is 5.61. The molecule has 0 aliphatic carbocycles. The molecule has 2 aromatic carbocycles. The summed E-state index contributed by atoms with van der Waals surface area (Å²) in [6.07, 6.45) is 1.87. The number of anilines is 2. The van der Waals surface area contributed by atoms with Crippen molar-refractivity contribution in [3.63, 3.8) is 0 Å². The van der Waals surface area contributed by atoms with Crippen LogP contribution in [-0.2, 0) is 24.8 Å². The first-order valence-corrected chi connectivity index (χ1v) is 13.6. The number of benzene rings is 2. The van der Waals surface area contributed by atoms with E-state index in [0.717, 1.165) is 18.4 Å². The predicted molar refractivity (Wildman–Crippen MR) is 126 cm³/mol. The normalized spacial score (nSPS) is 15.5. The standard InChI is InChI=1S/C22H31N3O5S2/c1-4-5-10-23-20-9-8-19(32(28,29)25-11-13-30-14-12-25)16-21(20)24-31(26,27)22-15-17(2)6-7-18(22)3/h6-9,15-16,23-24H,4-5,10-14H2,1-3H3. The second kappa shape index (κ2) is 10.2. The van der Waals surface area contributed by atoms with Crippen LogP contribution in [0.25, 0.3) is 0 Å². The lowest BCUT2D eigenvalue weighted by molar-refractivity contribution is 0.0730. The Hall–Kier alpha value is -2.14. The Morgan fingerprint density at radius 2 is 1.69 bits per heavy atom. The van der Waals surface area contributed by atoms with E-state index in [2.05, 4.69) is 17.0 Å². The average molecular weight is 482 g/mol. The minimum atomic E-state index is -3.93. The molecule has 1 aliphatic rings. The number of rotatable bonds is 9. The Balaban J connectivity index is 2.00. The highest BCUT2D eigenvalue weighted by atomic mass is 32.2. The van der Waals surface area contributed by atoms with Crippen LogP contribution in [0.5, 0.6) is 0 Å². The first-order valence-electron chi connectivity index (χ1n) is 10.7. The molecule has 0 saturated carbocycles. The number of hydrogen-bond acceptors (Lipinski definition) is 6. The van der Waals surface area contributed by atoms with Gasteiger partial charge in [-0.1, -0.05) is 25.5 Å². The molecule has 0 aromatic heterocycles. The highest BCUT2D eigenvalue weighted by molar-refractivity contribution is 7.92. The van der Waals surface area contributed by atoms with E-state index in [0.29, 0.717) is 31.0 Å². The Kier molecular flexibility index (Phi) is 7.81. The summed E-state index contributed by atoms with van der Waals surface area (Å²) >= 11 is 0. The SMILES string of the molecule is CCCCNc1ccc(S(=O)(=O)N2CCOCC2)cc1NS(=O)(=O)c1cc(C)ccc1C. The fourth-order valence-corrected chi connectivity index (χ4v) is 6.29. The summed E-state index contributed by atoms with van der Waals surface area (Å²) in [4.78, 5) is 0.206. The van der Waals surface area contributed by atoms with Gasteiger partial charge in [-0.25, -0.2) is 16.8 Å². The summed E-state index contributed by atoms with van der Waals surface area (Å²) in [7, 11) is -7.70. The molecule has 0 atom stereocenters. The van der Waals surface area contributed by atoms with E-state index in [-0.39, 0.29) is 28.6 Å². The molecule has 0 amide bonds.